The van der Waals surface area contributed by atoms with E-state index in [1.54, 1.807) is 16.8 Å². The van der Waals surface area contributed by atoms with Crippen molar-refractivity contribution in [2.24, 2.45) is 16.0 Å². The SMILES string of the molecule is CCN=c1scc(-c2ccccc2F)n1N=CC1CCCCC1. The van der Waals surface area contributed by atoms with Crippen LogP contribution in [0.25, 0.3) is 11.3 Å². The fourth-order valence-electron chi connectivity index (χ4n) is 2.95. The van der Waals surface area contributed by atoms with Gasteiger partial charge in [-0.2, -0.15) is 5.10 Å². The second-order valence-corrected chi connectivity index (χ2v) is 6.67. The van der Waals surface area contributed by atoms with Crippen molar-refractivity contribution in [2.45, 2.75) is 39.0 Å². The predicted octanol–water partition coefficient (Wildman–Crippen LogP) is 4.69. The van der Waals surface area contributed by atoms with E-state index in [0.29, 0.717) is 18.0 Å². The zero-order valence-corrected chi connectivity index (χ0v) is 14.2. The third-order valence-corrected chi connectivity index (χ3v) is 5.03. The van der Waals surface area contributed by atoms with Gasteiger partial charge in [0.15, 0.2) is 0 Å². The second kappa shape index (κ2) is 7.68. The van der Waals surface area contributed by atoms with E-state index < -0.39 is 0 Å². The third-order valence-electron chi connectivity index (χ3n) is 4.17. The summed E-state index contributed by atoms with van der Waals surface area (Å²) in [5.41, 5.74) is 1.34. The van der Waals surface area contributed by atoms with Crippen molar-refractivity contribution < 1.29 is 4.39 Å². The summed E-state index contributed by atoms with van der Waals surface area (Å²) in [5.74, 6) is 0.300. The van der Waals surface area contributed by atoms with E-state index in [2.05, 4.69) is 10.1 Å². The standard InChI is InChI=1S/C18H22FN3S/c1-2-20-18-22(21-12-14-8-4-3-5-9-14)17(13-23-18)15-10-6-7-11-16(15)19/h6-7,10-14H,2-5,8-9H2,1H3. The fourth-order valence-corrected chi connectivity index (χ4v) is 3.85. The Bertz CT molecular complexity index is 739. The van der Waals surface area contributed by atoms with Crippen molar-refractivity contribution in [1.29, 1.82) is 0 Å². The lowest BCUT2D eigenvalue weighted by atomic mass is 9.90. The first-order valence-electron chi connectivity index (χ1n) is 8.30. The Kier molecular flexibility index (Phi) is 5.39. The van der Waals surface area contributed by atoms with Gasteiger partial charge in [-0.1, -0.05) is 31.4 Å². The van der Waals surface area contributed by atoms with E-state index in [4.69, 9.17) is 0 Å². The lowest BCUT2D eigenvalue weighted by Crippen LogP contribution is -2.15. The van der Waals surface area contributed by atoms with Crippen LogP contribution in [0.15, 0.2) is 39.7 Å². The number of rotatable bonds is 4. The summed E-state index contributed by atoms with van der Waals surface area (Å²) in [4.78, 5) is 5.31. The Balaban J connectivity index is 1.99. The maximum Gasteiger partial charge on any atom is 0.206 e. The predicted molar refractivity (Wildman–Crippen MR) is 94.3 cm³/mol. The first-order chi connectivity index (χ1) is 11.3. The molecule has 5 heteroatoms. The summed E-state index contributed by atoms with van der Waals surface area (Å²) < 4.78 is 15.9. The average Bonchev–Trinajstić information content (AvgIpc) is 2.97. The molecule has 1 aliphatic rings. The van der Waals surface area contributed by atoms with E-state index in [9.17, 15) is 4.39 Å². The number of hydrogen-bond donors (Lipinski definition) is 0. The number of halogens is 1. The van der Waals surface area contributed by atoms with Gasteiger partial charge >= 0.3 is 0 Å². The van der Waals surface area contributed by atoms with Gasteiger partial charge in [-0.05, 0) is 37.8 Å². The van der Waals surface area contributed by atoms with Crippen molar-refractivity contribution >= 4 is 17.6 Å². The maximum absolute atomic E-state index is 14.2. The highest BCUT2D eigenvalue weighted by atomic mass is 32.1. The first kappa shape index (κ1) is 16.1. The van der Waals surface area contributed by atoms with Crippen LogP contribution < -0.4 is 4.80 Å². The highest BCUT2D eigenvalue weighted by Gasteiger charge is 2.13. The Morgan fingerprint density at radius 2 is 2.04 bits per heavy atom. The van der Waals surface area contributed by atoms with Crippen LogP contribution in [0.2, 0.25) is 0 Å². The average molecular weight is 331 g/mol. The number of benzene rings is 1. The molecule has 3 rings (SSSR count). The van der Waals surface area contributed by atoms with Crippen LogP contribution in [0.4, 0.5) is 4.39 Å². The van der Waals surface area contributed by atoms with Crippen molar-refractivity contribution in [2.75, 3.05) is 6.54 Å². The molecule has 0 radical (unpaired) electrons. The maximum atomic E-state index is 14.2. The smallest absolute Gasteiger partial charge is 0.206 e. The van der Waals surface area contributed by atoms with Gasteiger partial charge in [0.25, 0.3) is 0 Å². The minimum absolute atomic E-state index is 0.227. The molecule has 1 aromatic carbocycles. The van der Waals surface area contributed by atoms with Crippen molar-refractivity contribution in [3.63, 3.8) is 0 Å². The molecule has 0 spiro atoms. The molecule has 122 valence electrons. The summed E-state index contributed by atoms with van der Waals surface area (Å²) in [6, 6.07) is 6.83. The van der Waals surface area contributed by atoms with E-state index in [1.165, 1.54) is 49.5 Å². The van der Waals surface area contributed by atoms with E-state index in [1.807, 2.05) is 24.6 Å². The van der Waals surface area contributed by atoms with E-state index in [-0.39, 0.29) is 5.82 Å². The molecule has 0 amide bonds. The van der Waals surface area contributed by atoms with Crippen molar-refractivity contribution in [3.05, 3.63) is 40.3 Å². The zero-order chi connectivity index (χ0) is 16.1. The molecule has 0 atom stereocenters. The van der Waals surface area contributed by atoms with Gasteiger partial charge in [0, 0.05) is 23.7 Å². The second-order valence-electron chi connectivity index (χ2n) is 5.83. The molecular weight excluding hydrogens is 309 g/mol. The van der Waals surface area contributed by atoms with Crippen LogP contribution in [0, 0.1) is 11.7 Å². The van der Waals surface area contributed by atoms with Gasteiger partial charge in [0.05, 0.1) is 5.69 Å². The largest absolute Gasteiger partial charge is 0.258 e. The topological polar surface area (TPSA) is 29.6 Å². The number of thiazole rings is 1. The summed E-state index contributed by atoms with van der Waals surface area (Å²) in [6.45, 7) is 2.69. The van der Waals surface area contributed by atoms with Crippen LogP contribution in [0.5, 0.6) is 0 Å². The Morgan fingerprint density at radius 1 is 1.26 bits per heavy atom. The highest BCUT2D eigenvalue weighted by molar-refractivity contribution is 7.07. The summed E-state index contributed by atoms with van der Waals surface area (Å²) >= 11 is 1.51. The molecule has 1 fully saturated rings. The number of aromatic nitrogens is 1. The molecule has 1 aliphatic carbocycles. The Labute approximate surface area is 140 Å². The quantitative estimate of drug-likeness (QED) is 0.728. The van der Waals surface area contributed by atoms with Crippen molar-refractivity contribution in [3.8, 4) is 11.3 Å². The first-order valence-corrected chi connectivity index (χ1v) is 9.18. The van der Waals surface area contributed by atoms with Gasteiger partial charge < -0.3 is 0 Å². The third kappa shape index (κ3) is 3.78. The van der Waals surface area contributed by atoms with Gasteiger partial charge in [0.2, 0.25) is 4.80 Å². The van der Waals surface area contributed by atoms with Gasteiger partial charge in [0.1, 0.15) is 5.82 Å². The van der Waals surface area contributed by atoms with Crippen LogP contribution in [0.3, 0.4) is 0 Å². The van der Waals surface area contributed by atoms with Crippen LogP contribution >= 0.6 is 11.3 Å². The minimum atomic E-state index is -0.227. The molecule has 0 saturated heterocycles. The number of nitrogens with zero attached hydrogens (tertiary/aromatic N) is 3. The van der Waals surface area contributed by atoms with Crippen LogP contribution in [0.1, 0.15) is 39.0 Å². The molecule has 0 N–H and O–H groups in total. The lowest BCUT2D eigenvalue weighted by molar-refractivity contribution is 0.443. The molecule has 23 heavy (non-hydrogen) atoms. The Hall–Kier alpha value is -1.75. The van der Waals surface area contributed by atoms with Crippen molar-refractivity contribution in [1.82, 2.24) is 4.68 Å². The lowest BCUT2D eigenvalue weighted by Gasteiger charge is -2.17. The molecule has 2 aromatic rings. The Morgan fingerprint density at radius 3 is 2.78 bits per heavy atom. The molecule has 0 unspecified atom stereocenters. The molecule has 0 bridgehead atoms. The van der Waals surface area contributed by atoms with Gasteiger partial charge in [-0.15, -0.1) is 11.3 Å². The molecule has 1 aromatic heterocycles. The number of hydrogen-bond acceptors (Lipinski definition) is 3. The molecule has 0 aliphatic heterocycles. The molecule has 3 nitrogen and oxygen atoms in total. The van der Waals surface area contributed by atoms with Gasteiger partial charge in [-0.25, -0.2) is 9.07 Å². The summed E-state index contributed by atoms with van der Waals surface area (Å²) in [5, 5.41) is 6.60. The van der Waals surface area contributed by atoms with Crippen LogP contribution in [-0.2, 0) is 0 Å². The minimum Gasteiger partial charge on any atom is -0.258 e. The normalized spacial score (nSPS) is 17.2. The fraction of sp³-hybridized carbons (Fsp3) is 0.444. The van der Waals surface area contributed by atoms with E-state index in [0.717, 1.165) is 10.5 Å². The summed E-state index contributed by atoms with van der Waals surface area (Å²) in [7, 11) is 0. The molecule has 1 saturated carbocycles. The highest BCUT2D eigenvalue weighted by Crippen LogP contribution is 2.24. The molecular formula is C18H22FN3S. The monoisotopic (exact) mass is 331 g/mol. The molecule has 1 heterocycles. The van der Waals surface area contributed by atoms with Crippen LogP contribution in [-0.4, -0.2) is 17.4 Å². The summed E-state index contributed by atoms with van der Waals surface area (Å²) in [6.07, 6.45) is 8.30. The van der Waals surface area contributed by atoms with Gasteiger partial charge in [-0.3, -0.25) is 4.99 Å². The van der Waals surface area contributed by atoms with E-state index >= 15 is 0 Å². The zero-order valence-electron chi connectivity index (χ0n) is 13.4.